The summed E-state index contributed by atoms with van der Waals surface area (Å²) in [5.41, 5.74) is 3.64. The van der Waals surface area contributed by atoms with Crippen molar-refractivity contribution in [1.82, 2.24) is 15.8 Å². The molecule has 0 aromatic rings. The Balaban J connectivity index is 4.12. The molecule has 0 heterocycles. The van der Waals surface area contributed by atoms with E-state index in [-0.39, 0.29) is 0 Å². The lowest BCUT2D eigenvalue weighted by atomic mass is 9.87. The van der Waals surface area contributed by atoms with E-state index in [4.69, 9.17) is 0 Å². The van der Waals surface area contributed by atoms with Gasteiger partial charge in [0.05, 0.1) is 0 Å². The lowest BCUT2D eigenvalue weighted by molar-refractivity contribution is 0.117. The average Bonchev–Trinajstić information content (AvgIpc) is 2.26. The van der Waals surface area contributed by atoms with Crippen LogP contribution in [0.1, 0.15) is 40.5 Å². The number of nitrogens with one attached hydrogen (secondary N) is 2. The minimum absolute atomic E-state index is 0.369. The van der Waals surface area contributed by atoms with Gasteiger partial charge in [-0.15, -0.1) is 0 Å². The summed E-state index contributed by atoms with van der Waals surface area (Å²) in [6.45, 7) is 13.4. The first kappa shape index (κ1) is 14.9. The van der Waals surface area contributed by atoms with Crippen molar-refractivity contribution in [3.8, 4) is 0 Å². The Morgan fingerprint density at radius 1 is 1.20 bits per heavy atom. The first-order valence-electron chi connectivity index (χ1n) is 6.25. The molecule has 0 bridgehead atoms. The summed E-state index contributed by atoms with van der Waals surface area (Å²) in [6.07, 6.45) is 2.41. The highest BCUT2D eigenvalue weighted by atomic mass is 15.5. The van der Waals surface area contributed by atoms with Gasteiger partial charge in [-0.05, 0) is 31.8 Å². The molecular formula is C12H29N3. The summed E-state index contributed by atoms with van der Waals surface area (Å²) < 4.78 is 0. The highest BCUT2D eigenvalue weighted by molar-refractivity contribution is 4.78. The Labute approximate surface area is 95.6 Å². The Morgan fingerprint density at radius 3 is 2.27 bits per heavy atom. The fourth-order valence-corrected chi connectivity index (χ4v) is 1.72. The first-order valence-corrected chi connectivity index (χ1v) is 6.25. The fourth-order valence-electron chi connectivity index (χ4n) is 1.72. The van der Waals surface area contributed by atoms with Crippen molar-refractivity contribution in [1.29, 1.82) is 0 Å². The summed E-state index contributed by atoms with van der Waals surface area (Å²) in [5.74, 6) is 0. The molecule has 3 nitrogen and oxygen atoms in total. The highest BCUT2D eigenvalue weighted by Gasteiger charge is 2.23. The van der Waals surface area contributed by atoms with Gasteiger partial charge in [-0.3, -0.25) is 5.43 Å². The van der Waals surface area contributed by atoms with Crippen LogP contribution in [0.15, 0.2) is 0 Å². The molecule has 1 atom stereocenters. The van der Waals surface area contributed by atoms with E-state index in [0.717, 1.165) is 26.2 Å². The van der Waals surface area contributed by atoms with E-state index in [0.29, 0.717) is 5.41 Å². The molecule has 3 heteroatoms. The van der Waals surface area contributed by atoms with Crippen LogP contribution in [0, 0.1) is 5.41 Å². The lowest BCUT2D eigenvalue weighted by Gasteiger charge is -2.34. The molecule has 0 aliphatic rings. The van der Waals surface area contributed by atoms with Crippen LogP contribution in [0.4, 0.5) is 0 Å². The van der Waals surface area contributed by atoms with Crippen LogP contribution >= 0.6 is 0 Å². The molecule has 0 spiro atoms. The zero-order valence-electron chi connectivity index (χ0n) is 11.2. The maximum absolute atomic E-state index is 3.46. The number of hydrogen-bond donors (Lipinski definition) is 2. The van der Waals surface area contributed by atoms with Gasteiger partial charge in [-0.2, -0.15) is 0 Å². The summed E-state index contributed by atoms with van der Waals surface area (Å²) >= 11 is 0. The van der Waals surface area contributed by atoms with Crippen LogP contribution in [0.5, 0.6) is 0 Å². The Kier molecular flexibility index (Phi) is 8.02. The van der Waals surface area contributed by atoms with Crippen LogP contribution in [0.25, 0.3) is 0 Å². The topological polar surface area (TPSA) is 27.3 Å². The quantitative estimate of drug-likeness (QED) is 0.575. The smallest absolute Gasteiger partial charge is 0.0196 e. The number of hydrogen-bond acceptors (Lipinski definition) is 3. The van der Waals surface area contributed by atoms with Gasteiger partial charge in [0.2, 0.25) is 0 Å². The van der Waals surface area contributed by atoms with E-state index in [1.807, 2.05) is 7.05 Å². The minimum Gasteiger partial charge on any atom is -0.316 e. The van der Waals surface area contributed by atoms with Crippen LogP contribution < -0.4 is 10.7 Å². The average molecular weight is 215 g/mol. The van der Waals surface area contributed by atoms with Crippen molar-refractivity contribution in [2.24, 2.45) is 5.41 Å². The maximum Gasteiger partial charge on any atom is 0.0196 e. The van der Waals surface area contributed by atoms with Crippen molar-refractivity contribution < 1.29 is 0 Å². The minimum atomic E-state index is 0.369. The van der Waals surface area contributed by atoms with Gasteiger partial charge >= 0.3 is 0 Å². The highest BCUT2D eigenvalue weighted by Crippen LogP contribution is 2.20. The van der Waals surface area contributed by atoms with Crippen molar-refractivity contribution >= 4 is 0 Å². The molecule has 0 saturated heterocycles. The van der Waals surface area contributed by atoms with Gasteiger partial charge in [0, 0.05) is 19.6 Å². The first-order chi connectivity index (χ1) is 7.11. The van der Waals surface area contributed by atoms with Crippen molar-refractivity contribution in [3.05, 3.63) is 0 Å². The molecule has 0 aromatic heterocycles. The van der Waals surface area contributed by atoms with Crippen molar-refractivity contribution in [2.45, 2.75) is 40.5 Å². The predicted octanol–water partition coefficient (Wildman–Crippen LogP) is 1.86. The van der Waals surface area contributed by atoms with Crippen LogP contribution in [-0.2, 0) is 0 Å². The molecule has 0 rings (SSSR count). The monoisotopic (exact) mass is 215 g/mol. The van der Waals surface area contributed by atoms with Crippen molar-refractivity contribution in [2.75, 3.05) is 33.2 Å². The zero-order chi connectivity index (χ0) is 11.7. The van der Waals surface area contributed by atoms with Crippen LogP contribution in [0.2, 0.25) is 0 Å². The van der Waals surface area contributed by atoms with Crippen LogP contribution in [-0.4, -0.2) is 38.2 Å². The molecule has 15 heavy (non-hydrogen) atoms. The Hall–Kier alpha value is -0.120. The van der Waals surface area contributed by atoms with Gasteiger partial charge in [0.15, 0.2) is 0 Å². The summed E-state index contributed by atoms with van der Waals surface area (Å²) in [7, 11) is 2.01. The van der Waals surface area contributed by atoms with Gasteiger partial charge < -0.3 is 5.32 Å². The third-order valence-corrected chi connectivity index (χ3v) is 3.04. The van der Waals surface area contributed by atoms with Gasteiger partial charge in [-0.1, -0.05) is 27.7 Å². The van der Waals surface area contributed by atoms with E-state index in [9.17, 15) is 0 Å². The Bertz CT molecular complexity index is 150. The number of hydrazine groups is 1. The van der Waals surface area contributed by atoms with E-state index >= 15 is 0 Å². The summed E-state index contributed by atoms with van der Waals surface area (Å²) in [5, 5.41) is 5.78. The third kappa shape index (κ3) is 6.13. The molecule has 0 fully saturated rings. The molecular weight excluding hydrogens is 186 g/mol. The standard InChI is InChI=1S/C12H29N3/c1-6-9-15(13-5)11-12(4,7-2)10-14-8-3/h13-14H,6-11H2,1-5H3. The number of rotatable bonds is 9. The lowest BCUT2D eigenvalue weighted by Crippen LogP contribution is -2.46. The molecule has 0 aromatic carbocycles. The van der Waals surface area contributed by atoms with Gasteiger partial charge in [0.25, 0.3) is 0 Å². The number of nitrogens with zero attached hydrogens (tertiary/aromatic N) is 1. The second kappa shape index (κ2) is 8.08. The fraction of sp³-hybridized carbons (Fsp3) is 1.00. The molecule has 1 unspecified atom stereocenters. The molecule has 0 aliphatic heterocycles. The second-order valence-corrected chi connectivity index (χ2v) is 4.59. The van der Waals surface area contributed by atoms with E-state index < -0.39 is 0 Å². The molecule has 0 amide bonds. The SMILES string of the molecule is CCCN(CC(C)(CC)CNCC)NC. The van der Waals surface area contributed by atoms with Crippen molar-refractivity contribution in [3.63, 3.8) is 0 Å². The Morgan fingerprint density at radius 2 is 1.87 bits per heavy atom. The molecule has 2 N–H and O–H groups in total. The largest absolute Gasteiger partial charge is 0.316 e. The van der Waals surface area contributed by atoms with Gasteiger partial charge in [-0.25, -0.2) is 5.01 Å². The third-order valence-electron chi connectivity index (χ3n) is 3.04. The second-order valence-electron chi connectivity index (χ2n) is 4.59. The molecule has 0 radical (unpaired) electrons. The zero-order valence-corrected chi connectivity index (χ0v) is 11.2. The normalized spacial score (nSPS) is 15.6. The molecule has 0 saturated carbocycles. The summed E-state index contributed by atoms with van der Waals surface area (Å²) in [6, 6.07) is 0. The van der Waals surface area contributed by atoms with E-state index in [1.165, 1.54) is 12.8 Å². The van der Waals surface area contributed by atoms with Crippen LogP contribution in [0.3, 0.4) is 0 Å². The summed E-state index contributed by atoms with van der Waals surface area (Å²) in [4.78, 5) is 0. The molecule has 92 valence electrons. The molecule has 0 aliphatic carbocycles. The van der Waals surface area contributed by atoms with E-state index in [2.05, 4.69) is 43.4 Å². The predicted molar refractivity (Wildman–Crippen MR) is 67.9 cm³/mol. The van der Waals surface area contributed by atoms with E-state index in [1.54, 1.807) is 0 Å². The maximum atomic E-state index is 3.46. The van der Waals surface area contributed by atoms with Gasteiger partial charge in [0.1, 0.15) is 0 Å².